The van der Waals surface area contributed by atoms with Crippen molar-refractivity contribution in [3.63, 3.8) is 0 Å². The number of hydrogen-bond donors (Lipinski definition) is 0. The maximum absolute atomic E-state index is 4.46. The van der Waals surface area contributed by atoms with Crippen LogP contribution in [0.5, 0.6) is 0 Å². The highest BCUT2D eigenvalue weighted by atomic mass is 31.2. The van der Waals surface area contributed by atoms with Crippen LogP contribution in [0.25, 0.3) is 44.5 Å². The molecule has 0 spiro atoms. The third kappa shape index (κ3) is 7.18. The molecule has 1 unspecified atom stereocenters. The molecule has 0 fully saturated rings. The predicted octanol–water partition coefficient (Wildman–Crippen LogP) is 10.2. The maximum atomic E-state index is 4.46. The molecular formula is C48H45P. The lowest BCUT2D eigenvalue weighted by Crippen LogP contribution is -2.33. The van der Waals surface area contributed by atoms with Crippen molar-refractivity contribution in [1.29, 1.82) is 0 Å². The lowest BCUT2D eigenvalue weighted by Gasteiger charge is -2.18. The van der Waals surface area contributed by atoms with Crippen LogP contribution in [0.3, 0.4) is 0 Å². The maximum Gasteiger partial charge on any atom is 0.0403 e. The molecule has 0 saturated heterocycles. The zero-order chi connectivity index (χ0) is 34.1. The smallest absolute Gasteiger partial charge is 0.0403 e. The van der Waals surface area contributed by atoms with Crippen LogP contribution in [0, 0.1) is 43.4 Å². The normalized spacial score (nSPS) is 13.1. The topological polar surface area (TPSA) is 0 Å². The van der Waals surface area contributed by atoms with Gasteiger partial charge < -0.3 is 0 Å². The van der Waals surface area contributed by atoms with Gasteiger partial charge in [0.1, 0.15) is 0 Å². The highest BCUT2D eigenvalue weighted by Crippen LogP contribution is 2.37. The third-order valence-electron chi connectivity index (χ3n) is 9.84. The summed E-state index contributed by atoms with van der Waals surface area (Å²) in [5, 5.41) is 9.72. The van der Waals surface area contributed by atoms with Crippen LogP contribution in [-0.4, -0.2) is 25.8 Å². The molecule has 1 atom stereocenters. The van der Waals surface area contributed by atoms with Gasteiger partial charge in [-0.1, -0.05) is 127 Å². The van der Waals surface area contributed by atoms with Crippen molar-refractivity contribution in [2.45, 2.75) is 46.5 Å². The standard InChI is InChI=1S/C48H45P/c1-33-17-22-41-37(11-9-13-39(41)30-33)20-25-45-43-15-7-8-16-44(43)47(26-21-38-12-10-14-40-31-34(2)18-23-42(38)40)48-32-36(19-24-46(45)48)29-35(3)27-28-49(4,5)6/h9-19,22-24,30-32,35H,4,7-8,27-29H2,1-3,5-6H3. The van der Waals surface area contributed by atoms with E-state index in [4.69, 9.17) is 0 Å². The molecule has 242 valence electrons. The van der Waals surface area contributed by atoms with E-state index in [1.807, 2.05) is 0 Å². The van der Waals surface area contributed by atoms with E-state index >= 15 is 0 Å². The first-order valence-electron chi connectivity index (χ1n) is 17.6. The van der Waals surface area contributed by atoms with Gasteiger partial charge >= 0.3 is 0 Å². The molecule has 0 amide bonds. The van der Waals surface area contributed by atoms with Gasteiger partial charge in [0.05, 0.1) is 0 Å². The number of aryl methyl sites for hydroxylation is 2. The molecule has 0 bridgehead atoms. The van der Waals surface area contributed by atoms with Gasteiger partial charge in [-0.3, -0.25) is 0 Å². The fourth-order valence-electron chi connectivity index (χ4n) is 7.21. The summed E-state index contributed by atoms with van der Waals surface area (Å²) in [6.07, 6.45) is 14.8. The molecule has 6 aromatic rings. The molecule has 7 rings (SSSR count). The Kier molecular flexibility index (Phi) is 9.13. The highest BCUT2D eigenvalue weighted by Gasteiger charge is 2.14. The SMILES string of the molecule is C=P(C)(C)CCC(C)Cc1ccc2c(C#Cc3cccc4cc(C)ccc34)c3c(c(C#Cc4cccc5cc(C)ccc45)c2c1)=CCCC=3. The van der Waals surface area contributed by atoms with Crippen LogP contribution in [0.1, 0.15) is 65.1 Å². The number of fused-ring (bicyclic) bond motifs is 4. The van der Waals surface area contributed by atoms with Crippen molar-refractivity contribution in [3.8, 4) is 23.7 Å². The average molecular weight is 653 g/mol. The Labute approximate surface area is 292 Å². The zero-order valence-corrected chi connectivity index (χ0v) is 30.5. The van der Waals surface area contributed by atoms with Crippen molar-refractivity contribution < 1.29 is 0 Å². The molecule has 0 nitrogen and oxygen atoms in total. The minimum absolute atomic E-state index is 0.596. The van der Waals surface area contributed by atoms with E-state index in [1.54, 1.807) is 0 Å². The van der Waals surface area contributed by atoms with E-state index in [-0.39, 0.29) is 0 Å². The zero-order valence-electron chi connectivity index (χ0n) is 29.6. The van der Waals surface area contributed by atoms with Crippen molar-refractivity contribution in [2.75, 3.05) is 19.5 Å². The van der Waals surface area contributed by atoms with Gasteiger partial charge in [0, 0.05) is 22.3 Å². The Bertz CT molecular complexity index is 2570. The van der Waals surface area contributed by atoms with Crippen LogP contribution in [0.4, 0.5) is 0 Å². The monoisotopic (exact) mass is 652 g/mol. The summed E-state index contributed by atoms with van der Waals surface area (Å²) in [4.78, 5) is 0. The molecule has 1 heteroatoms. The molecule has 0 aromatic heterocycles. The Balaban J connectivity index is 1.43. The third-order valence-corrected chi connectivity index (χ3v) is 11.3. The van der Waals surface area contributed by atoms with E-state index in [9.17, 15) is 0 Å². The molecule has 0 heterocycles. The summed E-state index contributed by atoms with van der Waals surface area (Å²) in [5.41, 5.74) is 8.26. The minimum atomic E-state index is -1.04. The van der Waals surface area contributed by atoms with Gasteiger partial charge in [0.2, 0.25) is 0 Å². The fraction of sp³-hybridized carbons (Fsp3) is 0.229. The summed E-state index contributed by atoms with van der Waals surface area (Å²) < 4.78 is 0. The van der Waals surface area contributed by atoms with Crippen LogP contribution < -0.4 is 10.4 Å². The quantitative estimate of drug-likeness (QED) is 0.128. The summed E-state index contributed by atoms with van der Waals surface area (Å²) in [5.74, 6) is 15.3. The van der Waals surface area contributed by atoms with Gasteiger partial charge in [-0.25, -0.2) is 0 Å². The number of benzene rings is 6. The molecule has 1 aliphatic rings. The van der Waals surface area contributed by atoms with Gasteiger partial charge in [-0.15, -0.1) is 13.2 Å². The van der Waals surface area contributed by atoms with Gasteiger partial charge in [0.15, 0.2) is 0 Å². The largest absolute Gasteiger partial charge is 0.118 e. The van der Waals surface area contributed by atoms with E-state index in [2.05, 4.69) is 167 Å². The second-order valence-electron chi connectivity index (χ2n) is 14.8. The van der Waals surface area contributed by atoms with E-state index < -0.39 is 6.89 Å². The van der Waals surface area contributed by atoms with E-state index in [1.165, 1.54) is 72.0 Å². The van der Waals surface area contributed by atoms with Crippen LogP contribution in [0.15, 0.2) is 91.0 Å². The molecule has 0 N–H and O–H groups in total. The molecule has 0 aliphatic heterocycles. The first-order chi connectivity index (χ1) is 23.6. The van der Waals surface area contributed by atoms with Crippen LogP contribution >= 0.6 is 6.89 Å². The van der Waals surface area contributed by atoms with E-state index in [0.717, 1.165) is 41.5 Å². The lowest BCUT2D eigenvalue weighted by atomic mass is 9.89. The second kappa shape index (κ2) is 13.6. The van der Waals surface area contributed by atoms with Crippen LogP contribution in [0.2, 0.25) is 0 Å². The average Bonchev–Trinajstić information content (AvgIpc) is 3.08. The number of rotatable bonds is 5. The van der Waals surface area contributed by atoms with Crippen molar-refractivity contribution in [3.05, 3.63) is 140 Å². The fourth-order valence-corrected chi connectivity index (χ4v) is 8.35. The molecule has 6 aromatic carbocycles. The molecule has 1 aliphatic carbocycles. The van der Waals surface area contributed by atoms with Gasteiger partial charge in [-0.05, 0) is 131 Å². The van der Waals surface area contributed by atoms with Crippen molar-refractivity contribution >= 4 is 57.7 Å². The first kappa shape index (κ1) is 32.8. The Morgan fingerprint density at radius 3 is 1.71 bits per heavy atom. The summed E-state index contributed by atoms with van der Waals surface area (Å²) in [6, 6.07) is 33.3. The second-order valence-corrected chi connectivity index (χ2v) is 19.1. The molecule has 0 saturated carbocycles. The molecule has 49 heavy (non-hydrogen) atoms. The van der Waals surface area contributed by atoms with Crippen molar-refractivity contribution in [1.82, 2.24) is 0 Å². The highest BCUT2D eigenvalue weighted by molar-refractivity contribution is 7.72. The number of hydrogen-bond acceptors (Lipinski definition) is 0. The molecule has 0 radical (unpaired) electrons. The summed E-state index contributed by atoms with van der Waals surface area (Å²) >= 11 is 0. The first-order valence-corrected chi connectivity index (χ1v) is 20.7. The van der Waals surface area contributed by atoms with Crippen molar-refractivity contribution in [2.24, 2.45) is 5.92 Å². The summed E-state index contributed by atoms with van der Waals surface area (Å²) in [6.45, 7) is 10.3. The van der Waals surface area contributed by atoms with Gasteiger partial charge in [-0.2, -0.15) is 0 Å². The minimum Gasteiger partial charge on any atom is -0.118 e. The Morgan fingerprint density at radius 2 is 1.16 bits per heavy atom. The lowest BCUT2D eigenvalue weighted by molar-refractivity contribution is 0.564. The summed E-state index contributed by atoms with van der Waals surface area (Å²) in [7, 11) is 0. The Hall–Kier alpha value is -4.74. The van der Waals surface area contributed by atoms with E-state index in [0.29, 0.717) is 5.92 Å². The Morgan fingerprint density at radius 1 is 0.633 bits per heavy atom. The molecular weight excluding hydrogens is 608 g/mol. The van der Waals surface area contributed by atoms with Gasteiger partial charge in [0.25, 0.3) is 0 Å². The predicted molar refractivity (Wildman–Crippen MR) is 219 cm³/mol. The van der Waals surface area contributed by atoms with Crippen LogP contribution in [-0.2, 0) is 6.42 Å².